The predicted molar refractivity (Wildman–Crippen MR) is 113 cm³/mol. The highest BCUT2D eigenvalue weighted by molar-refractivity contribution is 5.53. The van der Waals surface area contributed by atoms with E-state index in [0.29, 0.717) is 5.92 Å². The van der Waals surface area contributed by atoms with Gasteiger partial charge in [0.2, 0.25) is 0 Å². The molecule has 0 amide bonds. The molecule has 2 aliphatic carbocycles. The largest absolute Gasteiger partial charge is 0.303 e. The van der Waals surface area contributed by atoms with Gasteiger partial charge in [0.1, 0.15) is 6.29 Å². The molecule has 0 aromatic rings. The zero-order valence-corrected chi connectivity index (χ0v) is 17.7. The van der Waals surface area contributed by atoms with Crippen LogP contribution >= 0.6 is 0 Å². The lowest BCUT2D eigenvalue weighted by molar-refractivity contribution is -0.112. The SMILES string of the molecule is CCCCC1CCCC(CCCCCCCCC2CCC(C=O)CC2)C1. The summed E-state index contributed by atoms with van der Waals surface area (Å²) < 4.78 is 0. The highest BCUT2D eigenvalue weighted by Crippen LogP contribution is 2.35. The maximum atomic E-state index is 10.8. The molecule has 2 rings (SSSR count). The maximum Gasteiger partial charge on any atom is 0.123 e. The third-order valence-electron chi connectivity index (χ3n) is 7.42. The topological polar surface area (TPSA) is 17.1 Å². The van der Waals surface area contributed by atoms with Crippen molar-refractivity contribution < 1.29 is 4.79 Å². The maximum absolute atomic E-state index is 10.8. The molecule has 0 heterocycles. The summed E-state index contributed by atoms with van der Waals surface area (Å²) in [7, 11) is 0. The Hall–Kier alpha value is -0.330. The minimum atomic E-state index is 0.386. The van der Waals surface area contributed by atoms with Gasteiger partial charge in [-0.2, -0.15) is 0 Å². The van der Waals surface area contributed by atoms with E-state index in [-0.39, 0.29) is 0 Å². The third-order valence-corrected chi connectivity index (χ3v) is 7.42. The number of rotatable bonds is 13. The molecule has 0 saturated heterocycles. The van der Waals surface area contributed by atoms with E-state index in [1.807, 2.05) is 0 Å². The van der Waals surface area contributed by atoms with E-state index in [1.54, 1.807) is 6.42 Å². The van der Waals surface area contributed by atoms with E-state index in [0.717, 1.165) is 30.6 Å². The summed E-state index contributed by atoms with van der Waals surface area (Å²) in [6.07, 6.45) is 28.2. The Labute approximate surface area is 164 Å². The fraction of sp³-hybridized carbons (Fsp3) is 0.960. The Morgan fingerprint density at radius 1 is 0.654 bits per heavy atom. The zero-order chi connectivity index (χ0) is 18.5. The lowest BCUT2D eigenvalue weighted by Gasteiger charge is -2.29. The number of carbonyl (C=O) groups excluding carboxylic acids is 1. The van der Waals surface area contributed by atoms with Crippen LogP contribution in [0.1, 0.15) is 129 Å². The van der Waals surface area contributed by atoms with E-state index in [4.69, 9.17) is 0 Å². The summed E-state index contributed by atoms with van der Waals surface area (Å²) in [5.41, 5.74) is 0. The van der Waals surface area contributed by atoms with Crippen LogP contribution in [-0.2, 0) is 4.79 Å². The monoisotopic (exact) mass is 362 g/mol. The second-order valence-corrected chi connectivity index (χ2v) is 9.66. The van der Waals surface area contributed by atoms with Crippen LogP contribution in [0.25, 0.3) is 0 Å². The molecule has 1 nitrogen and oxygen atoms in total. The van der Waals surface area contributed by atoms with Gasteiger partial charge < -0.3 is 4.79 Å². The Morgan fingerprint density at radius 2 is 1.19 bits per heavy atom. The molecule has 26 heavy (non-hydrogen) atoms. The quantitative estimate of drug-likeness (QED) is 0.239. The van der Waals surface area contributed by atoms with Crippen molar-refractivity contribution in [1.82, 2.24) is 0 Å². The molecule has 2 atom stereocenters. The summed E-state index contributed by atoms with van der Waals surface area (Å²) in [4.78, 5) is 10.8. The molecule has 2 unspecified atom stereocenters. The van der Waals surface area contributed by atoms with Crippen LogP contribution in [0, 0.1) is 23.7 Å². The number of carbonyl (C=O) groups is 1. The van der Waals surface area contributed by atoms with Gasteiger partial charge in [0.05, 0.1) is 0 Å². The molecule has 2 aliphatic rings. The molecular weight excluding hydrogens is 316 g/mol. The lowest BCUT2D eigenvalue weighted by Crippen LogP contribution is -2.15. The van der Waals surface area contributed by atoms with Crippen molar-refractivity contribution in [1.29, 1.82) is 0 Å². The van der Waals surface area contributed by atoms with Crippen molar-refractivity contribution in [2.45, 2.75) is 129 Å². The Morgan fingerprint density at radius 3 is 1.77 bits per heavy atom. The van der Waals surface area contributed by atoms with Crippen LogP contribution in [0.4, 0.5) is 0 Å². The highest BCUT2D eigenvalue weighted by atomic mass is 16.1. The smallest absolute Gasteiger partial charge is 0.123 e. The third kappa shape index (κ3) is 9.05. The minimum absolute atomic E-state index is 0.386. The van der Waals surface area contributed by atoms with Gasteiger partial charge in [0.25, 0.3) is 0 Å². The van der Waals surface area contributed by atoms with Crippen molar-refractivity contribution in [3.05, 3.63) is 0 Å². The zero-order valence-electron chi connectivity index (χ0n) is 17.7. The highest BCUT2D eigenvalue weighted by Gasteiger charge is 2.21. The van der Waals surface area contributed by atoms with Gasteiger partial charge in [-0.25, -0.2) is 0 Å². The molecule has 0 N–H and O–H groups in total. The van der Waals surface area contributed by atoms with Crippen molar-refractivity contribution in [3.8, 4) is 0 Å². The van der Waals surface area contributed by atoms with Gasteiger partial charge in [0, 0.05) is 5.92 Å². The second kappa shape index (κ2) is 13.8. The van der Waals surface area contributed by atoms with E-state index in [1.165, 1.54) is 109 Å². The van der Waals surface area contributed by atoms with E-state index in [9.17, 15) is 4.79 Å². The first-order chi connectivity index (χ1) is 12.8. The molecule has 1 heteroatoms. The van der Waals surface area contributed by atoms with E-state index < -0.39 is 0 Å². The molecule has 2 saturated carbocycles. The Balaban J connectivity index is 1.38. The summed E-state index contributed by atoms with van der Waals surface area (Å²) in [6.45, 7) is 2.33. The standard InChI is InChI=1S/C25H46O/c1-2-3-11-23-14-10-15-24(20-23)13-9-7-5-4-6-8-12-22-16-18-25(21-26)19-17-22/h21-25H,2-20H2,1H3. The van der Waals surface area contributed by atoms with Crippen molar-refractivity contribution in [2.75, 3.05) is 0 Å². The van der Waals surface area contributed by atoms with Gasteiger partial charge >= 0.3 is 0 Å². The molecule has 0 aromatic heterocycles. The minimum Gasteiger partial charge on any atom is -0.303 e. The van der Waals surface area contributed by atoms with Crippen LogP contribution in [0.3, 0.4) is 0 Å². The summed E-state index contributed by atoms with van der Waals surface area (Å²) >= 11 is 0. The molecular formula is C25H46O. The normalized spacial score (nSPS) is 29.6. The summed E-state index contributed by atoms with van der Waals surface area (Å²) in [6, 6.07) is 0. The molecule has 2 fully saturated rings. The van der Waals surface area contributed by atoms with Crippen molar-refractivity contribution in [2.24, 2.45) is 23.7 Å². The van der Waals surface area contributed by atoms with Crippen molar-refractivity contribution >= 4 is 6.29 Å². The summed E-state index contributed by atoms with van der Waals surface area (Å²) in [5, 5.41) is 0. The molecule has 0 bridgehead atoms. The second-order valence-electron chi connectivity index (χ2n) is 9.66. The number of hydrogen-bond acceptors (Lipinski definition) is 1. The first kappa shape index (κ1) is 22.0. The number of unbranched alkanes of at least 4 members (excludes halogenated alkanes) is 6. The van der Waals surface area contributed by atoms with Crippen LogP contribution in [0.15, 0.2) is 0 Å². The molecule has 0 aliphatic heterocycles. The predicted octanol–water partition coefficient (Wildman–Crippen LogP) is 8.11. The molecule has 0 radical (unpaired) electrons. The fourth-order valence-corrected chi connectivity index (χ4v) is 5.61. The van der Waals surface area contributed by atoms with Crippen LogP contribution < -0.4 is 0 Å². The average Bonchev–Trinajstić information content (AvgIpc) is 2.69. The summed E-state index contributed by atoms with van der Waals surface area (Å²) in [5.74, 6) is 3.44. The van der Waals surface area contributed by atoms with Gasteiger partial charge in [-0.1, -0.05) is 96.8 Å². The van der Waals surface area contributed by atoms with E-state index >= 15 is 0 Å². The van der Waals surface area contributed by atoms with Crippen LogP contribution in [0.2, 0.25) is 0 Å². The first-order valence-electron chi connectivity index (χ1n) is 12.3. The number of aldehydes is 1. The Bertz CT molecular complexity index is 342. The molecule has 0 aromatic carbocycles. The fourth-order valence-electron chi connectivity index (χ4n) is 5.61. The van der Waals surface area contributed by atoms with Crippen molar-refractivity contribution in [3.63, 3.8) is 0 Å². The van der Waals surface area contributed by atoms with Crippen LogP contribution in [0.5, 0.6) is 0 Å². The van der Waals surface area contributed by atoms with Gasteiger partial charge in [-0.15, -0.1) is 0 Å². The molecule has 152 valence electrons. The van der Waals surface area contributed by atoms with Gasteiger partial charge in [0.15, 0.2) is 0 Å². The lowest BCUT2D eigenvalue weighted by atomic mass is 9.77. The van der Waals surface area contributed by atoms with Crippen LogP contribution in [-0.4, -0.2) is 6.29 Å². The van der Waals surface area contributed by atoms with E-state index in [2.05, 4.69) is 6.92 Å². The average molecular weight is 363 g/mol. The first-order valence-corrected chi connectivity index (χ1v) is 12.3. The number of hydrogen-bond donors (Lipinski definition) is 0. The van der Waals surface area contributed by atoms with Gasteiger partial charge in [-0.05, 0) is 49.9 Å². The van der Waals surface area contributed by atoms with Gasteiger partial charge in [-0.3, -0.25) is 0 Å². The molecule has 0 spiro atoms. The Kier molecular flexibility index (Phi) is 11.6.